The minimum atomic E-state index is -0.911. The molecule has 4 rings (SSSR count). The van der Waals surface area contributed by atoms with E-state index >= 15 is 0 Å². The number of primary amides is 1. The zero-order valence-electron chi connectivity index (χ0n) is 18.0. The first-order valence-electron chi connectivity index (χ1n) is 10.3. The lowest BCUT2D eigenvalue weighted by atomic mass is 10.0. The van der Waals surface area contributed by atoms with Gasteiger partial charge in [0.15, 0.2) is 12.0 Å². The standard InChI is InChI=1S/C23H24N6O3/c1-12(2)18(19(24)31)26-20-14-8-4-6-10-16(14)25-21(27-20)22-28-23(32)15-9-5-7-11-17(15)29(22)13(3)30/h4-12,18,22H,1-3H3,(H2,24,31)(H,28,32)(H,25,26,27)/t18-,22?/m0/s1. The van der Waals surface area contributed by atoms with Crippen LogP contribution in [0.1, 0.15) is 43.1 Å². The number of fused-ring (bicyclic) bond motifs is 2. The number of nitrogens with two attached hydrogens (primary N) is 1. The van der Waals surface area contributed by atoms with Crippen molar-refractivity contribution in [2.24, 2.45) is 11.7 Å². The molecule has 2 atom stereocenters. The summed E-state index contributed by atoms with van der Waals surface area (Å²) in [6.07, 6.45) is -0.911. The predicted molar refractivity (Wildman–Crippen MR) is 121 cm³/mol. The second-order valence-electron chi connectivity index (χ2n) is 8.00. The molecular weight excluding hydrogens is 408 g/mol. The number of aromatic nitrogens is 2. The van der Waals surface area contributed by atoms with Crippen molar-refractivity contribution in [1.29, 1.82) is 0 Å². The van der Waals surface area contributed by atoms with Gasteiger partial charge in [-0.15, -0.1) is 0 Å². The van der Waals surface area contributed by atoms with E-state index in [0.717, 1.165) is 0 Å². The van der Waals surface area contributed by atoms with Crippen LogP contribution in [0, 0.1) is 5.92 Å². The summed E-state index contributed by atoms with van der Waals surface area (Å²) in [6.45, 7) is 5.17. The third-order valence-corrected chi connectivity index (χ3v) is 5.40. The van der Waals surface area contributed by atoms with E-state index in [9.17, 15) is 14.4 Å². The first-order chi connectivity index (χ1) is 15.3. The molecule has 2 heterocycles. The number of hydrogen-bond donors (Lipinski definition) is 3. The molecule has 0 saturated heterocycles. The van der Waals surface area contributed by atoms with E-state index in [4.69, 9.17) is 5.73 Å². The van der Waals surface area contributed by atoms with Crippen LogP contribution in [-0.2, 0) is 9.59 Å². The van der Waals surface area contributed by atoms with Crippen molar-refractivity contribution in [3.05, 3.63) is 59.9 Å². The fourth-order valence-electron chi connectivity index (χ4n) is 3.85. The molecule has 0 aliphatic carbocycles. The van der Waals surface area contributed by atoms with Gasteiger partial charge in [0.25, 0.3) is 5.91 Å². The Labute approximate surface area is 185 Å². The van der Waals surface area contributed by atoms with Gasteiger partial charge < -0.3 is 16.4 Å². The zero-order valence-corrected chi connectivity index (χ0v) is 18.0. The largest absolute Gasteiger partial charge is 0.368 e. The van der Waals surface area contributed by atoms with Crippen molar-refractivity contribution < 1.29 is 14.4 Å². The van der Waals surface area contributed by atoms with Crippen LogP contribution in [0.3, 0.4) is 0 Å². The van der Waals surface area contributed by atoms with Crippen LogP contribution in [0.2, 0.25) is 0 Å². The Bertz CT molecular complexity index is 1230. The molecule has 1 aromatic heterocycles. The lowest BCUT2D eigenvalue weighted by molar-refractivity contribution is -0.119. The number of benzene rings is 2. The molecule has 0 spiro atoms. The normalized spacial score (nSPS) is 16.4. The number of hydrogen-bond acceptors (Lipinski definition) is 6. The third-order valence-electron chi connectivity index (χ3n) is 5.40. The van der Waals surface area contributed by atoms with Crippen LogP contribution < -0.4 is 21.3 Å². The Hall–Kier alpha value is -4.01. The molecule has 0 bridgehead atoms. The summed E-state index contributed by atoms with van der Waals surface area (Å²) in [4.78, 5) is 48.1. The minimum absolute atomic E-state index is 0.0837. The molecule has 1 unspecified atom stereocenters. The van der Waals surface area contributed by atoms with E-state index in [2.05, 4.69) is 20.6 Å². The molecule has 32 heavy (non-hydrogen) atoms. The van der Waals surface area contributed by atoms with Crippen molar-refractivity contribution in [3.63, 3.8) is 0 Å². The van der Waals surface area contributed by atoms with Gasteiger partial charge in [-0.3, -0.25) is 19.3 Å². The summed E-state index contributed by atoms with van der Waals surface area (Å²) >= 11 is 0. The lowest BCUT2D eigenvalue weighted by Crippen LogP contribution is -2.49. The van der Waals surface area contributed by atoms with Crippen molar-refractivity contribution in [2.45, 2.75) is 33.0 Å². The highest BCUT2D eigenvalue weighted by Gasteiger charge is 2.36. The number of nitrogens with zero attached hydrogens (tertiary/aromatic N) is 3. The third kappa shape index (κ3) is 3.73. The summed E-state index contributed by atoms with van der Waals surface area (Å²) in [5.41, 5.74) is 7.07. The summed E-state index contributed by atoms with van der Waals surface area (Å²) in [5, 5.41) is 6.66. The van der Waals surface area contributed by atoms with Crippen molar-refractivity contribution in [2.75, 3.05) is 10.2 Å². The maximum absolute atomic E-state index is 12.8. The number of para-hydroxylation sites is 2. The zero-order chi connectivity index (χ0) is 23.0. The summed E-state index contributed by atoms with van der Waals surface area (Å²) in [5.74, 6) is -0.567. The van der Waals surface area contributed by atoms with Crippen LogP contribution in [0.25, 0.3) is 10.9 Å². The highest BCUT2D eigenvalue weighted by Crippen LogP contribution is 2.33. The fraction of sp³-hybridized carbons (Fsp3) is 0.261. The molecule has 4 N–H and O–H groups in total. The van der Waals surface area contributed by atoms with E-state index in [-0.39, 0.29) is 23.6 Å². The van der Waals surface area contributed by atoms with Gasteiger partial charge in [0.2, 0.25) is 11.8 Å². The SMILES string of the molecule is CC(=O)N1c2ccccc2C(=O)NC1c1nc(N[C@H](C(N)=O)C(C)C)c2ccccc2n1. The van der Waals surface area contributed by atoms with Gasteiger partial charge >= 0.3 is 0 Å². The fourth-order valence-corrected chi connectivity index (χ4v) is 3.85. The van der Waals surface area contributed by atoms with Gasteiger partial charge in [-0.25, -0.2) is 9.97 Å². The quantitative estimate of drug-likeness (QED) is 0.567. The Kier molecular flexibility index (Phi) is 5.48. The van der Waals surface area contributed by atoms with E-state index in [1.54, 1.807) is 30.3 Å². The lowest BCUT2D eigenvalue weighted by Gasteiger charge is -2.36. The molecule has 1 aliphatic rings. The highest BCUT2D eigenvalue weighted by atomic mass is 16.2. The molecule has 9 heteroatoms. The Morgan fingerprint density at radius 2 is 1.78 bits per heavy atom. The smallest absolute Gasteiger partial charge is 0.255 e. The van der Waals surface area contributed by atoms with Crippen LogP contribution in [0.4, 0.5) is 11.5 Å². The molecule has 9 nitrogen and oxygen atoms in total. The topological polar surface area (TPSA) is 130 Å². The molecule has 1 aliphatic heterocycles. The Balaban J connectivity index is 1.87. The summed E-state index contributed by atoms with van der Waals surface area (Å²) in [6, 6.07) is 13.5. The number of amides is 3. The maximum Gasteiger partial charge on any atom is 0.255 e. The van der Waals surface area contributed by atoms with Crippen LogP contribution in [-0.4, -0.2) is 33.7 Å². The predicted octanol–water partition coefficient (Wildman–Crippen LogP) is 2.35. The average molecular weight is 432 g/mol. The highest BCUT2D eigenvalue weighted by molar-refractivity contribution is 6.07. The van der Waals surface area contributed by atoms with E-state index in [0.29, 0.717) is 28.0 Å². The Morgan fingerprint density at radius 3 is 2.47 bits per heavy atom. The van der Waals surface area contributed by atoms with Gasteiger partial charge in [-0.05, 0) is 30.2 Å². The van der Waals surface area contributed by atoms with Gasteiger partial charge in [-0.1, -0.05) is 38.1 Å². The molecule has 0 radical (unpaired) electrons. The van der Waals surface area contributed by atoms with E-state index < -0.39 is 18.1 Å². The molecule has 3 aromatic rings. The molecule has 0 fully saturated rings. The second kappa shape index (κ2) is 8.26. The molecular formula is C23H24N6O3. The van der Waals surface area contributed by atoms with Crippen LogP contribution in [0.15, 0.2) is 48.5 Å². The number of carbonyl (C=O) groups is 3. The molecule has 0 saturated carbocycles. The van der Waals surface area contributed by atoms with Gasteiger partial charge in [-0.2, -0.15) is 0 Å². The summed E-state index contributed by atoms with van der Waals surface area (Å²) < 4.78 is 0. The first kappa shape index (κ1) is 21.2. The van der Waals surface area contributed by atoms with Crippen molar-refractivity contribution in [1.82, 2.24) is 15.3 Å². The molecule has 3 amide bonds. The first-order valence-corrected chi connectivity index (χ1v) is 10.3. The monoisotopic (exact) mass is 432 g/mol. The number of nitrogens with one attached hydrogen (secondary N) is 2. The summed E-state index contributed by atoms with van der Waals surface area (Å²) in [7, 11) is 0. The molecule has 164 valence electrons. The maximum atomic E-state index is 12.8. The van der Waals surface area contributed by atoms with Gasteiger partial charge in [0, 0.05) is 12.3 Å². The number of carbonyl (C=O) groups excluding carboxylic acids is 3. The van der Waals surface area contributed by atoms with E-state index in [1.807, 2.05) is 32.0 Å². The van der Waals surface area contributed by atoms with Crippen LogP contribution >= 0.6 is 0 Å². The number of anilines is 2. The van der Waals surface area contributed by atoms with Gasteiger partial charge in [0.05, 0.1) is 16.8 Å². The van der Waals surface area contributed by atoms with Crippen molar-refractivity contribution >= 4 is 40.1 Å². The average Bonchev–Trinajstić information content (AvgIpc) is 2.76. The van der Waals surface area contributed by atoms with Gasteiger partial charge in [0.1, 0.15) is 11.9 Å². The Morgan fingerprint density at radius 1 is 1.09 bits per heavy atom. The second-order valence-corrected chi connectivity index (χ2v) is 8.00. The van der Waals surface area contributed by atoms with Crippen molar-refractivity contribution in [3.8, 4) is 0 Å². The van der Waals surface area contributed by atoms with Crippen LogP contribution in [0.5, 0.6) is 0 Å². The molecule has 2 aromatic carbocycles. The minimum Gasteiger partial charge on any atom is -0.368 e. The van der Waals surface area contributed by atoms with E-state index in [1.165, 1.54) is 11.8 Å². The number of rotatable bonds is 5.